The van der Waals surface area contributed by atoms with Gasteiger partial charge < -0.3 is 10.6 Å². The lowest BCUT2D eigenvalue weighted by Crippen LogP contribution is -2.43. The number of hydrogen-bond donors (Lipinski definition) is 1. The highest BCUT2D eigenvalue weighted by molar-refractivity contribution is 5.98. The number of nitrogen functional groups attached to an aromatic ring is 1. The molecule has 2 heterocycles. The summed E-state index contributed by atoms with van der Waals surface area (Å²) in [6.45, 7) is 3.01. The number of nitrogens with two attached hydrogens (primary N) is 1. The summed E-state index contributed by atoms with van der Waals surface area (Å²) in [7, 11) is 0. The molecule has 1 aromatic rings. The maximum Gasteiger partial charge on any atom is 0.257 e. The van der Waals surface area contributed by atoms with Crippen LogP contribution in [-0.4, -0.2) is 28.4 Å². The molecule has 0 aromatic carbocycles. The molecule has 1 aromatic heterocycles. The Balaban J connectivity index is 2.18. The monoisotopic (exact) mass is 247 g/mol. The van der Waals surface area contributed by atoms with E-state index in [2.05, 4.69) is 11.9 Å². The van der Waals surface area contributed by atoms with E-state index in [9.17, 15) is 4.79 Å². The average molecular weight is 247 g/mol. The zero-order chi connectivity index (χ0) is 13.0. The van der Waals surface area contributed by atoms with E-state index in [1.165, 1.54) is 6.42 Å². The quantitative estimate of drug-likeness (QED) is 0.892. The smallest absolute Gasteiger partial charge is 0.257 e. The molecule has 0 saturated carbocycles. The second-order valence-electron chi connectivity index (χ2n) is 4.90. The van der Waals surface area contributed by atoms with Gasteiger partial charge in [-0.05, 0) is 31.7 Å². The van der Waals surface area contributed by atoms with E-state index in [0.717, 1.165) is 32.2 Å². The van der Waals surface area contributed by atoms with E-state index < -0.39 is 0 Å². The Morgan fingerprint density at radius 1 is 1.56 bits per heavy atom. The number of pyridine rings is 1. The number of nitrogens with zero attached hydrogens (tertiary/aromatic N) is 2. The Labute approximate surface area is 108 Å². The molecule has 0 spiro atoms. The number of piperidine rings is 1. The van der Waals surface area contributed by atoms with Crippen LogP contribution in [0.25, 0.3) is 0 Å². The van der Waals surface area contributed by atoms with Gasteiger partial charge in [-0.25, -0.2) is 0 Å². The van der Waals surface area contributed by atoms with Gasteiger partial charge in [-0.1, -0.05) is 13.3 Å². The SMILES string of the molecule is CCCC1CCCCN1C(=O)c1cnccc1N. The number of carbonyl (C=O) groups excluding carboxylic acids is 1. The summed E-state index contributed by atoms with van der Waals surface area (Å²) in [5.74, 6) is 0.0405. The van der Waals surface area contributed by atoms with Crippen LogP contribution < -0.4 is 5.73 Å². The maximum absolute atomic E-state index is 12.5. The van der Waals surface area contributed by atoms with Gasteiger partial charge in [0, 0.05) is 30.7 Å². The van der Waals surface area contributed by atoms with Gasteiger partial charge in [0.1, 0.15) is 0 Å². The normalized spacial score (nSPS) is 19.8. The summed E-state index contributed by atoms with van der Waals surface area (Å²) < 4.78 is 0. The van der Waals surface area contributed by atoms with Crippen LogP contribution in [0.5, 0.6) is 0 Å². The van der Waals surface area contributed by atoms with Crippen LogP contribution in [-0.2, 0) is 0 Å². The van der Waals surface area contributed by atoms with Crippen LogP contribution in [0.4, 0.5) is 5.69 Å². The molecule has 1 fully saturated rings. The van der Waals surface area contributed by atoms with Crippen molar-refractivity contribution in [2.75, 3.05) is 12.3 Å². The molecular weight excluding hydrogens is 226 g/mol. The first-order valence-corrected chi connectivity index (χ1v) is 6.74. The summed E-state index contributed by atoms with van der Waals surface area (Å²) in [5, 5.41) is 0. The van der Waals surface area contributed by atoms with Gasteiger partial charge in [-0.15, -0.1) is 0 Å². The van der Waals surface area contributed by atoms with Gasteiger partial charge in [0.15, 0.2) is 0 Å². The first-order chi connectivity index (χ1) is 8.74. The zero-order valence-electron chi connectivity index (χ0n) is 10.9. The lowest BCUT2D eigenvalue weighted by Gasteiger charge is -2.36. The van der Waals surface area contributed by atoms with Crippen molar-refractivity contribution in [2.45, 2.75) is 45.1 Å². The third kappa shape index (κ3) is 2.63. The van der Waals surface area contributed by atoms with Crippen LogP contribution in [0.2, 0.25) is 0 Å². The number of hydrogen-bond acceptors (Lipinski definition) is 3. The standard InChI is InChI=1S/C14H21N3O/c1-2-5-11-6-3-4-9-17(11)14(18)12-10-16-8-7-13(12)15/h7-8,10-11H,2-6,9H2,1H3,(H2,15,16). The van der Waals surface area contributed by atoms with Gasteiger partial charge >= 0.3 is 0 Å². The van der Waals surface area contributed by atoms with E-state index in [-0.39, 0.29) is 5.91 Å². The second kappa shape index (κ2) is 5.85. The van der Waals surface area contributed by atoms with Crippen LogP contribution in [0.3, 0.4) is 0 Å². The molecule has 0 bridgehead atoms. The number of likely N-dealkylation sites (tertiary alicyclic amines) is 1. The minimum atomic E-state index is 0.0405. The molecule has 4 nitrogen and oxygen atoms in total. The molecule has 2 rings (SSSR count). The molecule has 1 amide bonds. The van der Waals surface area contributed by atoms with Crippen LogP contribution >= 0.6 is 0 Å². The summed E-state index contributed by atoms with van der Waals surface area (Å²) in [4.78, 5) is 18.5. The molecule has 0 aliphatic carbocycles. The van der Waals surface area contributed by atoms with E-state index in [4.69, 9.17) is 5.73 Å². The van der Waals surface area contributed by atoms with Gasteiger partial charge in [0.05, 0.1) is 5.56 Å². The molecule has 18 heavy (non-hydrogen) atoms. The molecule has 1 saturated heterocycles. The molecule has 4 heteroatoms. The first kappa shape index (κ1) is 12.9. The van der Waals surface area contributed by atoms with E-state index in [1.54, 1.807) is 18.5 Å². The minimum absolute atomic E-state index is 0.0405. The van der Waals surface area contributed by atoms with Gasteiger partial charge in [-0.2, -0.15) is 0 Å². The molecule has 0 radical (unpaired) electrons. The largest absolute Gasteiger partial charge is 0.398 e. The van der Waals surface area contributed by atoms with E-state index >= 15 is 0 Å². The molecule has 1 atom stereocenters. The fourth-order valence-electron chi connectivity index (χ4n) is 2.64. The third-order valence-corrected chi connectivity index (χ3v) is 3.60. The van der Waals surface area contributed by atoms with Crippen LogP contribution in [0, 0.1) is 0 Å². The highest BCUT2D eigenvalue weighted by Crippen LogP contribution is 2.24. The van der Waals surface area contributed by atoms with Gasteiger partial charge in [-0.3, -0.25) is 9.78 Å². The van der Waals surface area contributed by atoms with Crippen molar-refractivity contribution in [1.82, 2.24) is 9.88 Å². The summed E-state index contributed by atoms with van der Waals surface area (Å²) in [6, 6.07) is 2.06. The number of anilines is 1. The summed E-state index contributed by atoms with van der Waals surface area (Å²) >= 11 is 0. The van der Waals surface area contributed by atoms with Crippen LogP contribution in [0.15, 0.2) is 18.5 Å². The number of amides is 1. The van der Waals surface area contributed by atoms with Crippen molar-refractivity contribution in [2.24, 2.45) is 0 Å². The van der Waals surface area contributed by atoms with Crippen molar-refractivity contribution >= 4 is 11.6 Å². The lowest BCUT2D eigenvalue weighted by molar-refractivity contribution is 0.0601. The predicted molar refractivity (Wildman–Crippen MR) is 72.2 cm³/mol. The predicted octanol–water partition coefficient (Wildman–Crippen LogP) is 2.46. The van der Waals surface area contributed by atoms with Gasteiger partial charge in [0.25, 0.3) is 5.91 Å². The Kier molecular flexibility index (Phi) is 4.18. The van der Waals surface area contributed by atoms with Crippen molar-refractivity contribution in [1.29, 1.82) is 0 Å². The highest BCUT2D eigenvalue weighted by Gasteiger charge is 2.27. The summed E-state index contributed by atoms with van der Waals surface area (Å²) in [6.07, 6.45) is 8.80. The highest BCUT2D eigenvalue weighted by atomic mass is 16.2. The third-order valence-electron chi connectivity index (χ3n) is 3.60. The van der Waals surface area contributed by atoms with Crippen LogP contribution in [0.1, 0.15) is 49.4 Å². The lowest BCUT2D eigenvalue weighted by atomic mass is 9.97. The number of rotatable bonds is 3. The number of aromatic nitrogens is 1. The Morgan fingerprint density at radius 3 is 3.11 bits per heavy atom. The molecule has 2 N–H and O–H groups in total. The Hall–Kier alpha value is -1.58. The van der Waals surface area contributed by atoms with Crippen molar-refractivity contribution in [3.63, 3.8) is 0 Å². The zero-order valence-corrected chi connectivity index (χ0v) is 10.9. The topological polar surface area (TPSA) is 59.2 Å². The fourth-order valence-corrected chi connectivity index (χ4v) is 2.64. The second-order valence-corrected chi connectivity index (χ2v) is 4.90. The summed E-state index contributed by atoms with van der Waals surface area (Å²) in [5.41, 5.74) is 6.93. The molecule has 98 valence electrons. The average Bonchev–Trinajstić information content (AvgIpc) is 2.40. The van der Waals surface area contributed by atoms with Crippen molar-refractivity contribution in [3.8, 4) is 0 Å². The van der Waals surface area contributed by atoms with Gasteiger partial charge in [0.2, 0.25) is 0 Å². The molecule has 1 unspecified atom stereocenters. The van der Waals surface area contributed by atoms with Crippen molar-refractivity contribution < 1.29 is 4.79 Å². The Bertz CT molecular complexity index is 417. The fraction of sp³-hybridized carbons (Fsp3) is 0.571. The first-order valence-electron chi connectivity index (χ1n) is 6.74. The minimum Gasteiger partial charge on any atom is -0.398 e. The van der Waals surface area contributed by atoms with Crippen molar-refractivity contribution in [3.05, 3.63) is 24.0 Å². The Morgan fingerprint density at radius 2 is 2.39 bits per heavy atom. The molecule has 1 aliphatic heterocycles. The number of carbonyl (C=O) groups is 1. The molecule has 1 aliphatic rings. The van der Waals surface area contributed by atoms with E-state index in [0.29, 0.717) is 17.3 Å². The molecular formula is C14H21N3O. The maximum atomic E-state index is 12.5. The van der Waals surface area contributed by atoms with E-state index in [1.807, 2.05) is 4.90 Å².